The molecular formula is C66H44N2O2. The molecule has 0 bridgehead atoms. The molecule has 14 rings (SSSR count). The number of hydrogen-bond donors (Lipinski definition) is 0. The van der Waals surface area contributed by atoms with Crippen molar-refractivity contribution < 1.29 is 8.83 Å². The van der Waals surface area contributed by atoms with Gasteiger partial charge in [-0.1, -0.05) is 158 Å². The molecule has 70 heavy (non-hydrogen) atoms. The van der Waals surface area contributed by atoms with Gasteiger partial charge >= 0.3 is 0 Å². The number of furan rings is 2. The molecule has 13 aromatic rings. The van der Waals surface area contributed by atoms with E-state index < -0.39 is 0 Å². The van der Waals surface area contributed by atoms with Gasteiger partial charge in [0.05, 0.1) is 11.4 Å². The molecule has 2 aromatic heterocycles. The highest BCUT2D eigenvalue weighted by Gasteiger charge is 2.25. The van der Waals surface area contributed by atoms with E-state index >= 15 is 0 Å². The monoisotopic (exact) mass is 896 g/mol. The van der Waals surface area contributed by atoms with Gasteiger partial charge in [-0.15, -0.1) is 0 Å². The topological polar surface area (TPSA) is 32.8 Å². The van der Waals surface area contributed by atoms with Gasteiger partial charge in [0, 0.05) is 55.2 Å². The summed E-state index contributed by atoms with van der Waals surface area (Å²) in [5.74, 6) is 0. The normalized spacial score (nSPS) is 12.4. The minimum Gasteiger partial charge on any atom is -0.452 e. The molecule has 0 spiro atoms. The fourth-order valence-corrected chi connectivity index (χ4v) is 11.2. The number of rotatable bonds is 8. The lowest BCUT2D eigenvalue weighted by molar-refractivity contribution is 0.634. The highest BCUT2D eigenvalue weighted by Crippen LogP contribution is 2.49. The molecule has 4 heteroatoms. The second-order valence-corrected chi connectivity index (χ2v) is 18.2. The van der Waals surface area contributed by atoms with Crippen LogP contribution in [0.15, 0.2) is 245 Å². The van der Waals surface area contributed by atoms with E-state index in [2.05, 4.69) is 252 Å². The molecule has 2 heterocycles. The first-order valence-corrected chi connectivity index (χ1v) is 24.1. The van der Waals surface area contributed by atoms with Crippen LogP contribution in [0.25, 0.3) is 93.8 Å². The Hall–Kier alpha value is -9.12. The van der Waals surface area contributed by atoms with Crippen LogP contribution in [0.2, 0.25) is 0 Å². The first-order valence-electron chi connectivity index (χ1n) is 24.1. The summed E-state index contributed by atoms with van der Waals surface area (Å²) < 4.78 is 14.1. The molecule has 0 saturated heterocycles. The van der Waals surface area contributed by atoms with Gasteiger partial charge in [0.1, 0.15) is 11.2 Å². The first kappa shape index (κ1) is 40.0. The van der Waals surface area contributed by atoms with Gasteiger partial charge < -0.3 is 18.6 Å². The van der Waals surface area contributed by atoms with E-state index in [1.807, 2.05) is 0 Å². The molecule has 0 amide bonds. The van der Waals surface area contributed by atoms with Crippen LogP contribution < -0.4 is 9.80 Å². The maximum atomic E-state index is 7.05. The Kier molecular flexibility index (Phi) is 9.31. The molecule has 330 valence electrons. The molecule has 0 fully saturated rings. The summed E-state index contributed by atoms with van der Waals surface area (Å²) in [6.07, 6.45) is 6.57. The summed E-state index contributed by atoms with van der Waals surface area (Å²) in [5, 5.41) is 8.94. The first-order chi connectivity index (χ1) is 34.7. The van der Waals surface area contributed by atoms with Crippen LogP contribution in [0.1, 0.15) is 17.5 Å². The van der Waals surface area contributed by atoms with Crippen LogP contribution in [0.5, 0.6) is 0 Å². The highest BCUT2D eigenvalue weighted by molar-refractivity contribution is 6.33. The minimum absolute atomic E-state index is 0.772. The Balaban J connectivity index is 0.907. The van der Waals surface area contributed by atoms with Crippen LogP contribution in [-0.2, 0) is 6.42 Å². The predicted molar refractivity (Wildman–Crippen MR) is 294 cm³/mol. The molecule has 1 aliphatic rings. The van der Waals surface area contributed by atoms with Crippen LogP contribution >= 0.6 is 0 Å². The van der Waals surface area contributed by atoms with Gasteiger partial charge in [-0.2, -0.15) is 0 Å². The van der Waals surface area contributed by atoms with Crippen LogP contribution in [0.4, 0.5) is 34.1 Å². The molecule has 0 aliphatic heterocycles. The van der Waals surface area contributed by atoms with Crippen LogP contribution in [0.3, 0.4) is 0 Å². The van der Waals surface area contributed by atoms with Crippen molar-refractivity contribution in [3.05, 3.63) is 248 Å². The maximum Gasteiger partial charge on any atom is 0.179 e. The Labute approximate surface area is 405 Å². The molecule has 0 atom stereocenters. The summed E-state index contributed by atoms with van der Waals surface area (Å²) in [7, 11) is 0. The summed E-state index contributed by atoms with van der Waals surface area (Å²) in [6.45, 7) is 0. The fourth-order valence-electron chi connectivity index (χ4n) is 11.2. The summed E-state index contributed by atoms with van der Waals surface area (Å²) in [5.41, 5.74) is 17.2. The Morgan fingerprint density at radius 3 is 1.30 bits per heavy atom. The molecule has 0 N–H and O–H groups in total. The third kappa shape index (κ3) is 6.38. The maximum absolute atomic E-state index is 7.05. The zero-order valence-corrected chi connectivity index (χ0v) is 38.2. The van der Waals surface area contributed by atoms with Gasteiger partial charge in [0.2, 0.25) is 0 Å². The zero-order chi connectivity index (χ0) is 46.1. The van der Waals surface area contributed by atoms with Gasteiger partial charge in [-0.3, -0.25) is 0 Å². The number of allylic oxidation sites excluding steroid dienone is 1. The van der Waals surface area contributed by atoms with Crippen molar-refractivity contribution in [2.75, 3.05) is 9.80 Å². The van der Waals surface area contributed by atoms with Gasteiger partial charge in [0.15, 0.2) is 11.2 Å². The molecular weight excluding hydrogens is 853 g/mol. The zero-order valence-electron chi connectivity index (χ0n) is 38.2. The number of nitrogens with zero attached hydrogens (tertiary/aromatic N) is 2. The number of hydrogen-bond acceptors (Lipinski definition) is 4. The van der Waals surface area contributed by atoms with E-state index in [4.69, 9.17) is 8.83 Å². The molecule has 0 saturated carbocycles. The van der Waals surface area contributed by atoms with Crippen molar-refractivity contribution in [1.29, 1.82) is 0 Å². The van der Waals surface area contributed by atoms with E-state index in [9.17, 15) is 0 Å². The van der Waals surface area contributed by atoms with E-state index in [0.717, 1.165) is 113 Å². The predicted octanol–water partition coefficient (Wildman–Crippen LogP) is 19.0. The fraction of sp³-hybridized carbons (Fsp3) is 0.0303. The highest BCUT2D eigenvalue weighted by atomic mass is 16.4. The lowest BCUT2D eigenvalue weighted by Crippen LogP contribution is -2.13. The van der Waals surface area contributed by atoms with Crippen LogP contribution in [0, 0.1) is 0 Å². The largest absolute Gasteiger partial charge is 0.452 e. The van der Waals surface area contributed by atoms with Crippen molar-refractivity contribution in [2.45, 2.75) is 12.8 Å². The van der Waals surface area contributed by atoms with E-state index in [0.29, 0.717) is 0 Å². The Bertz CT molecular complexity index is 4090. The molecule has 1 aliphatic carbocycles. The Morgan fingerprint density at radius 2 is 0.771 bits per heavy atom. The number of fused-ring (bicyclic) bond motifs is 12. The standard InChI is InChI=1S/C66H44N2O2/c1-5-19-45(20-6-1)67(46-21-7-2-8-22-46)59-39-37-49(51-27-13-15-29-53(51)59)43-33-35-57-61(41-43)69-65-63(57)55-31-17-18-32-56(55)64-58-36-34-44(42-62(58)70-66(64)65)50-38-40-60(54-30-16-14-28-52(50)54)68(47-23-9-3-10-24-47)48-25-11-4-12-26-48/h1-13,15-27,29-42H,14,28H2. The van der Waals surface area contributed by atoms with E-state index in [1.54, 1.807) is 0 Å². The van der Waals surface area contributed by atoms with Crippen molar-refractivity contribution >= 4 is 106 Å². The SMILES string of the molecule is C1=Cc2c(N(c3ccccc3)c3ccccc3)ccc(-c3ccc4c(c3)oc3c5oc6cc(-c7ccc(N(c8ccccc8)c8ccccc8)c8ccccc78)ccc6c5c5ccccc5c43)c2CC1. The smallest absolute Gasteiger partial charge is 0.179 e. The van der Waals surface area contributed by atoms with Crippen molar-refractivity contribution in [3.8, 4) is 22.3 Å². The quantitative estimate of drug-likeness (QED) is 0.152. The van der Waals surface area contributed by atoms with Gasteiger partial charge in [-0.05, 0) is 142 Å². The number of para-hydroxylation sites is 4. The lowest BCUT2D eigenvalue weighted by Gasteiger charge is -2.30. The average molecular weight is 897 g/mol. The minimum atomic E-state index is 0.772. The summed E-state index contributed by atoms with van der Waals surface area (Å²) in [4.78, 5) is 4.71. The van der Waals surface area contributed by atoms with E-state index in [-0.39, 0.29) is 0 Å². The number of anilines is 6. The van der Waals surface area contributed by atoms with Gasteiger partial charge in [0.25, 0.3) is 0 Å². The molecule has 0 unspecified atom stereocenters. The average Bonchev–Trinajstić information content (AvgIpc) is 4.02. The van der Waals surface area contributed by atoms with E-state index in [1.165, 1.54) is 33.2 Å². The van der Waals surface area contributed by atoms with Crippen LogP contribution in [-0.4, -0.2) is 0 Å². The number of benzene rings is 11. The Morgan fingerprint density at radius 1 is 0.343 bits per heavy atom. The van der Waals surface area contributed by atoms with Crippen molar-refractivity contribution in [2.24, 2.45) is 0 Å². The lowest BCUT2D eigenvalue weighted by atomic mass is 9.87. The molecule has 4 nitrogen and oxygen atoms in total. The summed E-state index contributed by atoms with van der Waals surface area (Å²) in [6, 6.07) is 82.5. The van der Waals surface area contributed by atoms with Gasteiger partial charge in [-0.25, -0.2) is 0 Å². The third-order valence-electron chi connectivity index (χ3n) is 14.3. The summed E-state index contributed by atoms with van der Waals surface area (Å²) >= 11 is 0. The van der Waals surface area contributed by atoms with Crippen molar-refractivity contribution in [3.63, 3.8) is 0 Å². The van der Waals surface area contributed by atoms with Crippen molar-refractivity contribution in [1.82, 2.24) is 0 Å². The molecule has 0 radical (unpaired) electrons. The third-order valence-corrected chi connectivity index (χ3v) is 14.3. The second-order valence-electron chi connectivity index (χ2n) is 18.2. The second kappa shape index (κ2) is 16.3. The molecule has 11 aromatic carbocycles.